The molecule has 2 rings (SSSR count). The fraction of sp³-hybridized carbons (Fsp3) is 0.286. The summed E-state index contributed by atoms with van der Waals surface area (Å²) in [5.41, 5.74) is 6.00. The highest BCUT2D eigenvalue weighted by Gasteiger charge is 2.19. The van der Waals surface area contributed by atoms with Crippen LogP contribution >= 0.6 is 0 Å². The van der Waals surface area contributed by atoms with Crippen LogP contribution in [0.15, 0.2) is 30.5 Å². The molecule has 0 fully saturated rings. The molecule has 0 aliphatic rings. The number of amides is 1. The first kappa shape index (κ1) is 15.0. The van der Waals surface area contributed by atoms with E-state index in [9.17, 15) is 13.6 Å². The van der Waals surface area contributed by atoms with Crippen molar-refractivity contribution in [1.82, 2.24) is 14.7 Å². The Morgan fingerprint density at radius 3 is 2.67 bits per heavy atom. The highest BCUT2D eigenvalue weighted by atomic mass is 19.2. The van der Waals surface area contributed by atoms with E-state index in [4.69, 9.17) is 5.73 Å². The fourth-order valence-corrected chi connectivity index (χ4v) is 1.93. The Balaban J connectivity index is 2.08. The van der Waals surface area contributed by atoms with Crippen LogP contribution in [0.25, 0.3) is 0 Å². The fourth-order valence-electron chi connectivity index (χ4n) is 1.93. The molecule has 5 nitrogen and oxygen atoms in total. The van der Waals surface area contributed by atoms with Gasteiger partial charge in [-0.15, -0.1) is 0 Å². The molecule has 0 aliphatic heterocycles. The van der Waals surface area contributed by atoms with Gasteiger partial charge in [-0.3, -0.25) is 9.48 Å². The molecular formula is C14H16F2N4O. The monoisotopic (exact) mass is 294 g/mol. The van der Waals surface area contributed by atoms with Gasteiger partial charge in [0.25, 0.3) is 0 Å². The summed E-state index contributed by atoms with van der Waals surface area (Å²) < 4.78 is 27.6. The van der Waals surface area contributed by atoms with Crippen molar-refractivity contribution in [1.29, 1.82) is 0 Å². The summed E-state index contributed by atoms with van der Waals surface area (Å²) in [5.74, 6) is -1.72. The zero-order valence-corrected chi connectivity index (χ0v) is 11.8. The van der Waals surface area contributed by atoms with E-state index in [2.05, 4.69) is 5.10 Å². The lowest BCUT2D eigenvalue weighted by molar-refractivity contribution is -0.132. The first-order valence-electron chi connectivity index (χ1n) is 6.38. The van der Waals surface area contributed by atoms with Crippen molar-refractivity contribution in [3.8, 4) is 0 Å². The lowest BCUT2D eigenvalue weighted by Gasteiger charge is -2.25. The SMILES string of the molecule is CC(c1ccc(F)c(F)c1)N(C)C(=O)Cn1ccc(N)n1. The van der Waals surface area contributed by atoms with Gasteiger partial charge in [-0.25, -0.2) is 8.78 Å². The number of nitrogens with zero attached hydrogens (tertiary/aromatic N) is 3. The van der Waals surface area contributed by atoms with Crippen molar-refractivity contribution in [2.45, 2.75) is 19.5 Å². The quantitative estimate of drug-likeness (QED) is 0.937. The maximum Gasteiger partial charge on any atom is 0.244 e. The van der Waals surface area contributed by atoms with Crippen LogP contribution in [0.3, 0.4) is 0 Å². The number of rotatable bonds is 4. The number of carbonyl (C=O) groups is 1. The minimum atomic E-state index is -0.931. The first-order valence-corrected chi connectivity index (χ1v) is 6.38. The van der Waals surface area contributed by atoms with E-state index < -0.39 is 11.6 Å². The van der Waals surface area contributed by atoms with Gasteiger partial charge in [0.1, 0.15) is 12.4 Å². The molecule has 112 valence electrons. The Labute approximate surface area is 121 Å². The molecule has 1 aromatic carbocycles. The van der Waals surface area contributed by atoms with Crippen LogP contribution in [-0.4, -0.2) is 27.6 Å². The molecule has 0 bridgehead atoms. The second-order valence-corrected chi connectivity index (χ2v) is 4.79. The van der Waals surface area contributed by atoms with E-state index in [1.54, 1.807) is 26.2 Å². The maximum atomic E-state index is 13.2. The van der Waals surface area contributed by atoms with Gasteiger partial charge in [0.05, 0.1) is 6.04 Å². The standard InChI is InChI=1S/C14H16F2N4O/c1-9(10-3-4-11(15)12(16)7-10)19(2)14(21)8-20-6-5-13(17)18-20/h3-7,9H,8H2,1-2H3,(H2,17,18). The topological polar surface area (TPSA) is 64.2 Å². The number of hydrogen-bond donors (Lipinski definition) is 1. The lowest BCUT2D eigenvalue weighted by Crippen LogP contribution is -2.32. The van der Waals surface area contributed by atoms with Crippen molar-refractivity contribution in [2.75, 3.05) is 12.8 Å². The summed E-state index contributed by atoms with van der Waals surface area (Å²) in [7, 11) is 1.60. The van der Waals surface area contributed by atoms with E-state index in [0.717, 1.165) is 12.1 Å². The Morgan fingerprint density at radius 2 is 2.10 bits per heavy atom. The van der Waals surface area contributed by atoms with Crippen LogP contribution in [-0.2, 0) is 11.3 Å². The molecular weight excluding hydrogens is 278 g/mol. The predicted molar refractivity (Wildman–Crippen MR) is 74.2 cm³/mol. The summed E-state index contributed by atoms with van der Waals surface area (Å²) in [6.45, 7) is 1.77. The van der Waals surface area contributed by atoms with Gasteiger partial charge < -0.3 is 10.6 Å². The summed E-state index contributed by atoms with van der Waals surface area (Å²) in [6.07, 6.45) is 1.60. The molecule has 2 N–H and O–H groups in total. The summed E-state index contributed by atoms with van der Waals surface area (Å²) in [5, 5.41) is 3.93. The number of halogens is 2. The number of likely N-dealkylation sites (N-methyl/N-ethyl adjacent to an activating group) is 1. The van der Waals surface area contributed by atoms with Crippen LogP contribution in [0.4, 0.5) is 14.6 Å². The molecule has 0 spiro atoms. The Hall–Kier alpha value is -2.44. The van der Waals surface area contributed by atoms with Gasteiger partial charge in [0.2, 0.25) is 5.91 Å². The van der Waals surface area contributed by atoms with Gasteiger partial charge >= 0.3 is 0 Å². The van der Waals surface area contributed by atoms with Crippen molar-refractivity contribution < 1.29 is 13.6 Å². The van der Waals surface area contributed by atoms with E-state index >= 15 is 0 Å². The Bertz CT molecular complexity index is 656. The molecule has 1 unspecified atom stereocenters. The highest BCUT2D eigenvalue weighted by Crippen LogP contribution is 2.21. The minimum Gasteiger partial charge on any atom is -0.382 e. The number of benzene rings is 1. The van der Waals surface area contributed by atoms with Crippen LogP contribution in [0, 0.1) is 11.6 Å². The van der Waals surface area contributed by atoms with E-state index in [-0.39, 0.29) is 18.5 Å². The molecule has 2 aromatic rings. The van der Waals surface area contributed by atoms with Gasteiger partial charge in [-0.2, -0.15) is 5.10 Å². The van der Waals surface area contributed by atoms with Crippen LogP contribution < -0.4 is 5.73 Å². The number of nitrogen functional groups attached to an aromatic ring is 1. The molecule has 1 heterocycles. The molecule has 21 heavy (non-hydrogen) atoms. The molecule has 0 aliphatic carbocycles. The van der Waals surface area contributed by atoms with Gasteiger partial charge in [-0.1, -0.05) is 6.07 Å². The Morgan fingerprint density at radius 1 is 1.38 bits per heavy atom. The largest absolute Gasteiger partial charge is 0.382 e. The highest BCUT2D eigenvalue weighted by molar-refractivity contribution is 5.76. The van der Waals surface area contributed by atoms with Gasteiger partial charge in [0.15, 0.2) is 11.6 Å². The number of carbonyl (C=O) groups excluding carboxylic acids is 1. The first-order chi connectivity index (χ1) is 9.88. The van der Waals surface area contributed by atoms with Crippen molar-refractivity contribution in [3.05, 3.63) is 47.7 Å². The number of anilines is 1. The zero-order chi connectivity index (χ0) is 15.6. The van der Waals surface area contributed by atoms with E-state index in [0.29, 0.717) is 11.4 Å². The second-order valence-electron chi connectivity index (χ2n) is 4.79. The smallest absolute Gasteiger partial charge is 0.244 e. The molecule has 1 atom stereocenters. The number of aromatic nitrogens is 2. The molecule has 0 saturated carbocycles. The summed E-state index contributed by atoms with van der Waals surface area (Å²) in [6, 6.07) is 4.80. The molecule has 1 amide bonds. The van der Waals surface area contributed by atoms with Crippen LogP contribution in [0.5, 0.6) is 0 Å². The van der Waals surface area contributed by atoms with Crippen LogP contribution in [0.1, 0.15) is 18.5 Å². The average Bonchev–Trinajstić information content (AvgIpc) is 2.85. The lowest BCUT2D eigenvalue weighted by atomic mass is 10.1. The molecule has 7 heteroatoms. The predicted octanol–water partition coefficient (Wildman–Crippen LogP) is 1.96. The summed E-state index contributed by atoms with van der Waals surface area (Å²) >= 11 is 0. The molecule has 0 radical (unpaired) electrons. The third-order valence-electron chi connectivity index (χ3n) is 3.36. The van der Waals surface area contributed by atoms with Gasteiger partial charge in [-0.05, 0) is 30.7 Å². The zero-order valence-electron chi connectivity index (χ0n) is 11.8. The average molecular weight is 294 g/mol. The summed E-state index contributed by atoms with van der Waals surface area (Å²) in [4.78, 5) is 13.6. The van der Waals surface area contributed by atoms with Crippen molar-refractivity contribution in [3.63, 3.8) is 0 Å². The Kier molecular flexibility index (Phi) is 4.21. The van der Waals surface area contributed by atoms with Crippen LogP contribution in [0.2, 0.25) is 0 Å². The maximum absolute atomic E-state index is 13.2. The van der Waals surface area contributed by atoms with Gasteiger partial charge in [0, 0.05) is 13.2 Å². The second kappa shape index (κ2) is 5.90. The number of hydrogen-bond acceptors (Lipinski definition) is 3. The van der Waals surface area contributed by atoms with E-state index in [1.807, 2.05) is 0 Å². The van der Waals surface area contributed by atoms with Crippen molar-refractivity contribution in [2.24, 2.45) is 0 Å². The van der Waals surface area contributed by atoms with Crippen molar-refractivity contribution >= 4 is 11.7 Å². The molecule has 0 saturated heterocycles. The normalized spacial score (nSPS) is 12.2. The van der Waals surface area contributed by atoms with E-state index in [1.165, 1.54) is 15.6 Å². The number of nitrogens with two attached hydrogens (primary N) is 1. The third kappa shape index (κ3) is 3.36. The minimum absolute atomic E-state index is 0.0295. The third-order valence-corrected chi connectivity index (χ3v) is 3.36. The molecule has 1 aromatic heterocycles.